The fraction of sp³-hybridized carbons (Fsp3) is 0.929. The molecule has 1 saturated heterocycles. The molecule has 0 radical (unpaired) electrons. The number of carboxylic acid groups (broad SMARTS) is 1. The van der Waals surface area contributed by atoms with E-state index in [2.05, 4.69) is 19.2 Å². The van der Waals surface area contributed by atoms with E-state index in [1.54, 1.807) is 0 Å². The maximum Gasteiger partial charge on any atom is 0.404 e. The summed E-state index contributed by atoms with van der Waals surface area (Å²) in [6, 6.07) is 0. The molecule has 1 heterocycles. The fourth-order valence-electron chi connectivity index (χ4n) is 2.16. The predicted molar refractivity (Wildman–Crippen MR) is 73.2 cm³/mol. The third-order valence-corrected chi connectivity index (χ3v) is 3.35. The zero-order valence-electron chi connectivity index (χ0n) is 12.1. The van der Waals surface area contributed by atoms with Crippen LogP contribution in [0.15, 0.2) is 0 Å². The van der Waals surface area contributed by atoms with E-state index in [9.17, 15) is 4.79 Å². The van der Waals surface area contributed by atoms with Crippen LogP contribution in [0, 0.1) is 5.41 Å². The highest BCUT2D eigenvalue weighted by atomic mass is 16.7. The van der Waals surface area contributed by atoms with Crippen LogP contribution < -0.4 is 5.32 Å². The van der Waals surface area contributed by atoms with Crippen molar-refractivity contribution in [2.24, 2.45) is 5.41 Å². The summed E-state index contributed by atoms with van der Waals surface area (Å²) in [5.74, 6) is 0. The van der Waals surface area contributed by atoms with E-state index in [4.69, 9.17) is 14.6 Å². The number of amides is 1. The van der Waals surface area contributed by atoms with Crippen molar-refractivity contribution in [2.75, 3.05) is 19.8 Å². The van der Waals surface area contributed by atoms with E-state index < -0.39 is 6.09 Å². The molecule has 1 atom stereocenters. The molecule has 1 aliphatic rings. The summed E-state index contributed by atoms with van der Waals surface area (Å²) >= 11 is 0. The predicted octanol–water partition coefficient (Wildman–Crippen LogP) is 2.99. The Balaban J connectivity index is 2.07. The lowest BCUT2D eigenvalue weighted by Crippen LogP contribution is -2.28. The van der Waals surface area contributed by atoms with Gasteiger partial charge in [-0.25, -0.2) is 4.79 Å². The summed E-state index contributed by atoms with van der Waals surface area (Å²) in [6.07, 6.45) is 5.25. The first-order chi connectivity index (χ1) is 8.99. The SMILES string of the molecule is CC(C)(CCCCNC(=O)O)COC1CCCCO1. The number of hydrogen-bond acceptors (Lipinski definition) is 3. The number of hydrogen-bond donors (Lipinski definition) is 2. The van der Waals surface area contributed by atoms with Gasteiger partial charge in [-0.3, -0.25) is 0 Å². The minimum Gasteiger partial charge on any atom is -0.465 e. The summed E-state index contributed by atoms with van der Waals surface area (Å²) in [5, 5.41) is 10.8. The molecule has 19 heavy (non-hydrogen) atoms. The summed E-state index contributed by atoms with van der Waals surface area (Å²) in [6.45, 7) is 6.40. The van der Waals surface area contributed by atoms with E-state index in [0.29, 0.717) is 13.2 Å². The van der Waals surface area contributed by atoms with Crippen molar-refractivity contribution >= 4 is 6.09 Å². The molecule has 0 aromatic heterocycles. The number of nitrogens with one attached hydrogen (secondary N) is 1. The quantitative estimate of drug-likeness (QED) is 0.667. The lowest BCUT2D eigenvalue weighted by molar-refractivity contribution is -0.176. The molecule has 0 spiro atoms. The normalized spacial score (nSPS) is 20.2. The molecule has 0 aliphatic carbocycles. The van der Waals surface area contributed by atoms with Gasteiger partial charge < -0.3 is 19.9 Å². The molecule has 0 bridgehead atoms. The van der Waals surface area contributed by atoms with E-state index in [1.165, 1.54) is 6.42 Å². The average molecular weight is 273 g/mol. The van der Waals surface area contributed by atoms with Crippen molar-refractivity contribution in [2.45, 2.75) is 58.7 Å². The van der Waals surface area contributed by atoms with Gasteiger partial charge in [-0.15, -0.1) is 0 Å². The van der Waals surface area contributed by atoms with Gasteiger partial charge in [0.25, 0.3) is 0 Å². The summed E-state index contributed by atoms with van der Waals surface area (Å²) in [5.41, 5.74) is 0.115. The molecule has 1 fully saturated rings. The van der Waals surface area contributed by atoms with Crippen molar-refractivity contribution in [3.8, 4) is 0 Å². The molecule has 1 rings (SSSR count). The van der Waals surface area contributed by atoms with Gasteiger partial charge in [-0.1, -0.05) is 20.3 Å². The Labute approximate surface area is 115 Å². The number of ether oxygens (including phenoxy) is 2. The Bertz CT molecular complexity index is 262. The molecule has 2 N–H and O–H groups in total. The van der Waals surface area contributed by atoms with Gasteiger partial charge >= 0.3 is 6.09 Å². The monoisotopic (exact) mass is 273 g/mol. The van der Waals surface area contributed by atoms with Crippen molar-refractivity contribution in [1.82, 2.24) is 5.32 Å². The zero-order valence-corrected chi connectivity index (χ0v) is 12.1. The molecule has 112 valence electrons. The molecule has 0 aromatic carbocycles. The van der Waals surface area contributed by atoms with Gasteiger partial charge in [0.1, 0.15) is 0 Å². The fourth-order valence-corrected chi connectivity index (χ4v) is 2.16. The van der Waals surface area contributed by atoms with Gasteiger partial charge in [0.05, 0.1) is 6.61 Å². The molecule has 0 saturated carbocycles. The van der Waals surface area contributed by atoms with Crippen LogP contribution in [0.4, 0.5) is 4.79 Å². The third-order valence-electron chi connectivity index (χ3n) is 3.35. The van der Waals surface area contributed by atoms with Crippen LogP contribution >= 0.6 is 0 Å². The van der Waals surface area contributed by atoms with Crippen LogP contribution in [0.25, 0.3) is 0 Å². The second kappa shape index (κ2) is 8.38. The molecule has 5 heteroatoms. The molecule has 0 aromatic rings. The lowest BCUT2D eigenvalue weighted by Gasteiger charge is -2.29. The first kappa shape index (κ1) is 16.2. The summed E-state index contributed by atoms with van der Waals surface area (Å²) in [4.78, 5) is 10.3. The molecular weight excluding hydrogens is 246 g/mol. The van der Waals surface area contributed by atoms with Crippen LogP contribution in [0.5, 0.6) is 0 Å². The second-order valence-corrected chi connectivity index (χ2v) is 5.96. The van der Waals surface area contributed by atoms with Crippen LogP contribution in [0.2, 0.25) is 0 Å². The molecule has 1 amide bonds. The Morgan fingerprint density at radius 3 is 2.84 bits per heavy atom. The minimum atomic E-state index is -0.947. The Kier molecular flexibility index (Phi) is 7.16. The zero-order chi connectivity index (χ0) is 14.1. The van der Waals surface area contributed by atoms with Gasteiger partial charge in [-0.2, -0.15) is 0 Å². The Morgan fingerprint density at radius 1 is 1.42 bits per heavy atom. The van der Waals surface area contributed by atoms with Crippen LogP contribution in [0.1, 0.15) is 52.4 Å². The molecule has 5 nitrogen and oxygen atoms in total. The number of rotatable bonds is 8. The van der Waals surface area contributed by atoms with Crippen molar-refractivity contribution < 1.29 is 19.4 Å². The van der Waals surface area contributed by atoms with E-state index in [0.717, 1.165) is 38.7 Å². The summed E-state index contributed by atoms with van der Waals surface area (Å²) < 4.78 is 11.4. The molecule has 1 aliphatic heterocycles. The van der Waals surface area contributed by atoms with Crippen molar-refractivity contribution in [1.29, 1.82) is 0 Å². The van der Waals surface area contributed by atoms with E-state index in [1.807, 2.05) is 0 Å². The first-order valence-electron chi connectivity index (χ1n) is 7.20. The number of unbranched alkanes of at least 4 members (excludes halogenated alkanes) is 1. The number of carbonyl (C=O) groups is 1. The van der Waals surface area contributed by atoms with Crippen molar-refractivity contribution in [3.63, 3.8) is 0 Å². The van der Waals surface area contributed by atoms with Crippen LogP contribution in [0.3, 0.4) is 0 Å². The average Bonchev–Trinajstić information content (AvgIpc) is 2.37. The van der Waals surface area contributed by atoms with Gasteiger partial charge in [0, 0.05) is 13.2 Å². The maximum atomic E-state index is 10.3. The first-order valence-corrected chi connectivity index (χ1v) is 7.20. The standard InChI is InChI=1S/C14H27NO4/c1-14(2,8-4-5-9-15-13(16)17)11-19-12-7-3-6-10-18-12/h12,15H,3-11H2,1-2H3,(H,16,17). The highest BCUT2D eigenvalue weighted by Crippen LogP contribution is 2.25. The topological polar surface area (TPSA) is 67.8 Å². The summed E-state index contributed by atoms with van der Waals surface area (Å²) in [7, 11) is 0. The van der Waals surface area contributed by atoms with E-state index >= 15 is 0 Å². The van der Waals surface area contributed by atoms with Crippen LogP contribution in [-0.4, -0.2) is 37.2 Å². The Hall–Kier alpha value is -0.810. The minimum absolute atomic E-state index is 0.0262. The highest BCUT2D eigenvalue weighted by Gasteiger charge is 2.21. The second-order valence-electron chi connectivity index (χ2n) is 5.96. The van der Waals surface area contributed by atoms with Crippen LogP contribution in [-0.2, 0) is 9.47 Å². The molecular formula is C14H27NO4. The molecule has 1 unspecified atom stereocenters. The van der Waals surface area contributed by atoms with Gasteiger partial charge in [-0.05, 0) is 37.5 Å². The third kappa shape index (κ3) is 8.06. The van der Waals surface area contributed by atoms with Gasteiger partial charge in [0.2, 0.25) is 0 Å². The van der Waals surface area contributed by atoms with Crippen molar-refractivity contribution in [3.05, 3.63) is 0 Å². The highest BCUT2D eigenvalue weighted by molar-refractivity contribution is 5.64. The van der Waals surface area contributed by atoms with Gasteiger partial charge in [0.15, 0.2) is 6.29 Å². The Morgan fingerprint density at radius 2 is 2.21 bits per heavy atom. The van der Waals surface area contributed by atoms with E-state index in [-0.39, 0.29) is 11.7 Å². The largest absolute Gasteiger partial charge is 0.465 e. The lowest BCUT2D eigenvalue weighted by atomic mass is 9.88. The smallest absolute Gasteiger partial charge is 0.404 e. The maximum absolute atomic E-state index is 10.3.